The third-order valence-corrected chi connectivity index (χ3v) is 8.87. The number of carbonyl (C=O) groups excluding carboxylic acids is 1. The number of hydrogen-bond acceptors (Lipinski definition) is 7. The summed E-state index contributed by atoms with van der Waals surface area (Å²) in [5.41, 5.74) is 1.16. The van der Waals surface area contributed by atoms with Gasteiger partial charge in [0.15, 0.2) is 18.1 Å². The molecule has 0 aliphatic carbocycles. The first kappa shape index (κ1) is 24.9. The highest BCUT2D eigenvalue weighted by atomic mass is 32.2. The predicted octanol–water partition coefficient (Wildman–Crippen LogP) is 2.70. The van der Waals surface area contributed by atoms with Crippen molar-refractivity contribution >= 4 is 15.9 Å². The van der Waals surface area contributed by atoms with Crippen LogP contribution < -0.4 is 14.2 Å². The van der Waals surface area contributed by atoms with Gasteiger partial charge in [-0.2, -0.15) is 4.31 Å². The summed E-state index contributed by atoms with van der Waals surface area (Å²) in [7, 11) is -3.50. The average molecular weight is 516 g/mol. The fourth-order valence-corrected chi connectivity index (χ4v) is 6.35. The normalized spacial score (nSPS) is 19.2. The molecule has 0 unspecified atom stereocenters. The highest BCUT2D eigenvalue weighted by Gasteiger charge is 2.26. The maximum Gasteiger partial charge on any atom is 0.260 e. The molecule has 0 N–H and O–H groups in total. The fourth-order valence-electron chi connectivity index (χ4n) is 4.83. The largest absolute Gasteiger partial charge is 0.484 e. The molecule has 2 saturated heterocycles. The minimum Gasteiger partial charge on any atom is -0.484 e. The molecule has 9 nitrogen and oxygen atoms in total. The molecule has 0 atom stereocenters. The number of nitrogens with zero attached hydrogens (tertiary/aromatic N) is 3. The monoisotopic (exact) mass is 515 g/mol. The summed E-state index contributed by atoms with van der Waals surface area (Å²) >= 11 is 0. The summed E-state index contributed by atoms with van der Waals surface area (Å²) in [5, 5.41) is 0. The van der Waals surface area contributed by atoms with Gasteiger partial charge in [0.2, 0.25) is 16.8 Å². The van der Waals surface area contributed by atoms with E-state index < -0.39 is 10.0 Å². The molecule has 0 bridgehead atoms. The van der Waals surface area contributed by atoms with Crippen LogP contribution in [0.2, 0.25) is 0 Å². The van der Waals surface area contributed by atoms with Crippen molar-refractivity contribution < 1.29 is 27.4 Å². The summed E-state index contributed by atoms with van der Waals surface area (Å²) in [5.74, 6) is 1.98. The van der Waals surface area contributed by atoms with Crippen LogP contribution in [0.1, 0.15) is 31.2 Å². The number of sulfonamides is 1. The Bertz CT molecular complexity index is 1150. The molecule has 2 aromatic rings. The standard InChI is InChI=1S/C26H33N3O6S/c30-26(28-15-13-27(14-16-28)18-21-5-10-24-25(17-21)35-20-34-24)19-33-22-6-8-23(9-7-22)36(31,32)29-11-3-1-2-4-12-29/h5-10,17H,1-4,11-16,18-20H2. The number of rotatable bonds is 7. The second kappa shape index (κ2) is 11.1. The van der Waals surface area contributed by atoms with E-state index in [-0.39, 0.29) is 24.2 Å². The SMILES string of the molecule is O=C(COc1ccc(S(=O)(=O)N2CCCCCC2)cc1)N1CCN(Cc2ccc3c(c2)OCO3)CC1. The molecule has 3 aliphatic rings. The summed E-state index contributed by atoms with van der Waals surface area (Å²) in [6, 6.07) is 12.4. The highest BCUT2D eigenvalue weighted by Crippen LogP contribution is 2.33. The van der Waals surface area contributed by atoms with Crippen molar-refractivity contribution in [2.45, 2.75) is 37.1 Å². The van der Waals surface area contributed by atoms with Crippen LogP contribution in [0.4, 0.5) is 0 Å². The quantitative estimate of drug-likeness (QED) is 0.560. The molecular weight excluding hydrogens is 482 g/mol. The van der Waals surface area contributed by atoms with Crippen LogP contribution in [0, 0.1) is 0 Å². The maximum atomic E-state index is 12.9. The number of benzene rings is 2. The topological polar surface area (TPSA) is 88.6 Å². The van der Waals surface area contributed by atoms with Gasteiger partial charge in [0, 0.05) is 45.8 Å². The van der Waals surface area contributed by atoms with Gasteiger partial charge in [-0.1, -0.05) is 18.9 Å². The summed E-state index contributed by atoms with van der Waals surface area (Å²) in [4.78, 5) is 17.1. The van der Waals surface area contributed by atoms with E-state index >= 15 is 0 Å². The molecule has 2 fully saturated rings. The number of ether oxygens (including phenoxy) is 3. The van der Waals surface area contributed by atoms with Crippen molar-refractivity contribution in [1.29, 1.82) is 0 Å². The van der Waals surface area contributed by atoms with Crippen LogP contribution in [0.5, 0.6) is 17.2 Å². The molecule has 0 saturated carbocycles. The first-order chi connectivity index (χ1) is 17.5. The molecule has 10 heteroatoms. The Morgan fingerprint density at radius 2 is 1.53 bits per heavy atom. The second-order valence-electron chi connectivity index (χ2n) is 9.42. The molecule has 1 amide bonds. The minimum absolute atomic E-state index is 0.0691. The lowest BCUT2D eigenvalue weighted by Gasteiger charge is -2.34. The van der Waals surface area contributed by atoms with Crippen LogP contribution in [0.25, 0.3) is 0 Å². The average Bonchev–Trinajstić information content (AvgIpc) is 3.18. The first-order valence-corrected chi connectivity index (χ1v) is 14.0. The van der Waals surface area contributed by atoms with Crippen molar-refractivity contribution in [1.82, 2.24) is 14.1 Å². The molecule has 5 rings (SSSR count). The van der Waals surface area contributed by atoms with Crippen molar-refractivity contribution in [2.24, 2.45) is 0 Å². The van der Waals surface area contributed by atoms with Crippen LogP contribution in [-0.2, 0) is 21.4 Å². The van der Waals surface area contributed by atoms with Gasteiger partial charge in [-0.05, 0) is 54.8 Å². The zero-order valence-corrected chi connectivity index (χ0v) is 21.2. The van der Waals surface area contributed by atoms with E-state index in [0.29, 0.717) is 31.9 Å². The molecule has 194 valence electrons. The van der Waals surface area contributed by atoms with Crippen LogP contribution in [0.3, 0.4) is 0 Å². The van der Waals surface area contributed by atoms with Gasteiger partial charge >= 0.3 is 0 Å². The van der Waals surface area contributed by atoms with E-state index in [2.05, 4.69) is 4.90 Å². The zero-order chi connectivity index (χ0) is 25.0. The predicted molar refractivity (Wildman–Crippen MR) is 134 cm³/mol. The Morgan fingerprint density at radius 1 is 0.833 bits per heavy atom. The van der Waals surface area contributed by atoms with E-state index in [4.69, 9.17) is 14.2 Å². The summed E-state index contributed by atoms with van der Waals surface area (Å²) in [6.07, 6.45) is 3.94. The van der Waals surface area contributed by atoms with E-state index in [1.807, 2.05) is 23.1 Å². The van der Waals surface area contributed by atoms with Gasteiger partial charge in [0.1, 0.15) is 5.75 Å². The summed E-state index contributed by atoms with van der Waals surface area (Å²) in [6.45, 7) is 4.97. The second-order valence-corrected chi connectivity index (χ2v) is 11.4. The molecule has 0 aromatic heterocycles. The van der Waals surface area contributed by atoms with E-state index in [0.717, 1.165) is 62.4 Å². The van der Waals surface area contributed by atoms with E-state index in [1.54, 1.807) is 28.6 Å². The molecule has 36 heavy (non-hydrogen) atoms. The molecular formula is C26H33N3O6S. The number of piperazine rings is 1. The van der Waals surface area contributed by atoms with Gasteiger partial charge in [-0.3, -0.25) is 9.69 Å². The third-order valence-electron chi connectivity index (χ3n) is 6.96. The Kier molecular flexibility index (Phi) is 7.64. The Hall–Kier alpha value is -2.82. The van der Waals surface area contributed by atoms with Crippen LogP contribution in [-0.4, -0.2) is 81.1 Å². The van der Waals surface area contributed by atoms with Gasteiger partial charge < -0.3 is 19.1 Å². The van der Waals surface area contributed by atoms with Crippen molar-refractivity contribution in [3.63, 3.8) is 0 Å². The molecule has 3 heterocycles. The molecule has 0 radical (unpaired) electrons. The van der Waals surface area contributed by atoms with Gasteiger partial charge in [-0.15, -0.1) is 0 Å². The van der Waals surface area contributed by atoms with Gasteiger partial charge in [0.05, 0.1) is 4.90 Å². The smallest absolute Gasteiger partial charge is 0.260 e. The van der Waals surface area contributed by atoms with Crippen LogP contribution >= 0.6 is 0 Å². The highest BCUT2D eigenvalue weighted by molar-refractivity contribution is 7.89. The lowest BCUT2D eigenvalue weighted by atomic mass is 10.1. The number of hydrogen-bond donors (Lipinski definition) is 0. The molecule has 2 aromatic carbocycles. The van der Waals surface area contributed by atoms with Crippen molar-refractivity contribution in [3.8, 4) is 17.2 Å². The summed E-state index contributed by atoms with van der Waals surface area (Å²) < 4.78 is 43.9. The van der Waals surface area contributed by atoms with Crippen LogP contribution in [0.15, 0.2) is 47.4 Å². The van der Waals surface area contributed by atoms with Gasteiger partial charge in [-0.25, -0.2) is 8.42 Å². The zero-order valence-electron chi connectivity index (χ0n) is 20.4. The van der Waals surface area contributed by atoms with Crippen molar-refractivity contribution in [3.05, 3.63) is 48.0 Å². The Balaban J connectivity index is 1.08. The fraction of sp³-hybridized carbons (Fsp3) is 0.500. The first-order valence-electron chi connectivity index (χ1n) is 12.6. The Labute approximate surface area is 212 Å². The molecule has 3 aliphatic heterocycles. The van der Waals surface area contributed by atoms with E-state index in [1.165, 1.54) is 0 Å². The number of fused-ring (bicyclic) bond motifs is 1. The lowest BCUT2D eigenvalue weighted by Crippen LogP contribution is -2.49. The number of carbonyl (C=O) groups is 1. The minimum atomic E-state index is -3.50. The third kappa shape index (κ3) is 5.77. The van der Waals surface area contributed by atoms with Crippen molar-refractivity contribution in [2.75, 3.05) is 52.7 Å². The lowest BCUT2D eigenvalue weighted by molar-refractivity contribution is -0.135. The number of amides is 1. The van der Waals surface area contributed by atoms with Gasteiger partial charge in [0.25, 0.3) is 5.91 Å². The molecule has 0 spiro atoms. The maximum absolute atomic E-state index is 12.9. The van der Waals surface area contributed by atoms with E-state index in [9.17, 15) is 13.2 Å². The Morgan fingerprint density at radius 3 is 2.25 bits per heavy atom.